The summed E-state index contributed by atoms with van der Waals surface area (Å²) in [7, 11) is 4.99. The lowest BCUT2D eigenvalue weighted by Crippen LogP contribution is -2.20. The van der Waals surface area contributed by atoms with Gasteiger partial charge >= 0.3 is 5.97 Å². The van der Waals surface area contributed by atoms with Crippen LogP contribution in [0.25, 0.3) is 0 Å². The number of nitrogens with zero attached hydrogens (tertiary/aromatic N) is 2. The van der Waals surface area contributed by atoms with E-state index in [1.165, 1.54) is 43.1 Å². The van der Waals surface area contributed by atoms with Crippen LogP contribution in [0.4, 0.5) is 10.1 Å². The molecule has 0 spiro atoms. The number of carbonyl (C=O) groups excluding carboxylic acids is 2. The van der Waals surface area contributed by atoms with Crippen molar-refractivity contribution in [1.29, 1.82) is 0 Å². The van der Waals surface area contributed by atoms with Crippen LogP contribution in [-0.4, -0.2) is 48.8 Å². The highest BCUT2D eigenvalue weighted by atomic mass is 32.2. The third-order valence-corrected chi connectivity index (χ3v) is 4.52. The van der Waals surface area contributed by atoms with Crippen molar-refractivity contribution in [2.75, 3.05) is 27.0 Å². The second kappa shape index (κ2) is 9.15. The van der Waals surface area contributed by atoms with Gasteiger partial charge < -0.3 is 9.64 Å². The molecule has 0 aromatic heterocycles. The summed E-state index contributed by atoms with van der Waals surface area (Å²) in [4.78, 5) is 30.0. The van der Waals surface area contributed by atoms with E-state index in [1.54, 1.807) is 29.2 Å². The van der Waals surface area contributed by atoms with Crippen molar-refractivity contribution < 1.29 is 18.7 Å². The highest BCUT2D eigenvalue weighted by Crippen LogP contribution is 2.19. The van der Waals surface area contributed by atoms with Gasteiger partial charge in [-0.1, -0.05) is 11.8 Å². The molecule has 0 aliphatic carbocycles. The second-order valence-electron chi connectivity index (χ2n) is 5.55. The number of benzene rings is 2. The van der Waals surface area contributed by atoms with Crippen molar-refractivity contribution in [3.8, 4) is 0 Å². The Labute approximate surface area is 155 Å². The smallest absolute Gasteiger partial charge is 0.337 e. The molecule has 0 radical (unpaired) electrons. The van der Waals surface area contributed by atoms with Crippen molar-refractivity contribution in [2.24, 2.45) is 4.99 Å². The molecule has 136 valence electrons. The van der Waals surface area contributed by atoms with Gasteiger partial charge in [0.2, 0.25) is 0 Å². The van der Waals surface area contributed by atoms with Gasteiger partial charge in [0.15, 0.2) is 11.0 Å². The Kier molecular flexibility index (Phi) is 6.91. The molecule has 0 unspecified atom stereocenters. The van der Waals surface area contributed by atoms with Gasteiger partial charge in [0.05, 0.1) is 24.1 Å². The van der Waals surface area contributed by atoms with E-state index >= 15 is 0 Å². The van der Waals surface area contributed by atoms with Crippen LogP contribution >= 0.6 is 11.8 Å². The number of hydrogen-bond acceptors (Lipinski definition) is 5. The minimum atomic E-state index is -0.410. The lowest BCUT2D eigenvalue weighted by Gasteiger charge is -2.15. The van der Waals surface area contributed by atoms with Crippen LogP contribution in [-0.2, 0) is 4.74 Å². The van der Waals surface area contributed by atoms with E-state index in [0.29, 0.717) is 22.0 Å². The number of ketones is 1. The van der Waals surface area contributed by atoms with E-state index in [9.17, 15) is 14.0 Å². The number of rotatable bonds is 5. The third-order valence-electron chi connectivity index (χ3n) is 3.39. The molecule has 0 atom stereocenters. The number of amidine groups is 1. The van der Waals surface area contributed by atoms with Gasteiger partial charge in [-0.3, -0.25) is 4.79 Å². The molecule has 0 N–H and O–H groups in total. The lowest BCUT2D eigenvalue weighted by molar-refractivity contribution is 0.0600. The lowest BCUT2D eigenvalue weighted by atomic mass is 10.1. The maximum Gasteiger partial charge on any atom is 0.337 e. The number of Topliss-reactive ketones (excluding diaryl/α,β-unsaturated/α-hetero) is 1. The van der Waals surface area contributed by atoms with Crippen molar-refractivity contribution >= 4 is 34.4 Å². The Morgan fingerprint density at radius 1 is 1.04 bits per heavy atom. The topological polar surface area (TPSA) is 59.0 Å². The zero-order chi connectivity index (χ0) is 19.1. The summed E-state index contributed by atoms with van der Waals surface area (Å²) in [5.41, 5.74) is 1.56. The fraction of sp³-hybridized carbons (Fsp3) is 0.211. The van der Waals surface area contributed by atoms with Crippen molar-refractivity contribution in [3.63, 3.8) is 0 Å². The molecule has 0 saturated carbocycles. The fourth-order valence-corrected chi connectivity index (χ4v) is 2.87. The Morgan fingerprint density at radius 2 is 1.62 bits per heavy atom. The van der Waals surface area contributed by atoms with E-state index in [2.05, 4.69) is 9.73 Å². The maximum absolute atomic E-state index is 12.9. The van der Waals surface area contributed by atoms with Crippen molar-refractivity contribution in [1.82, 2.24) is 4.90 Å². The third kappa shape index (κ3) is 5.42. The molecule has 0 heterocycles. The minimum absolute atomic E-state index is 0.106. The standard InChI is InChI=1S/C19H19FN2O3S/c1-22(2)19(21-16-10-6-14(7-11-16)18(24)25-3)26-12-17(23)13-4-8-15(20)9-5-13/h4-11H,12H2,1-3H3. The van der Waals surface area contributed by atoms with Gasteiger partial charge in [-0.2, -0.15) is 0 Å². The van der Waals surface area contributed by atoms with Gasteiger partial charge in [0, 0.05) is 19.7 Å². The number of ether oxygens (including phenoxy) is 1. The van der Waals surface area contributed by atoms with Crippen LogP contribution in [0, 0.1) is 5.82 Å². The highest BCUT2D eigenvalue weighted by molar-refractivity contribution is 8.14. The van der Waals surface area contributed by atoms with Crippen LogP contribution < -0.4 is 0 Å². The quantitative estimate of drug-likeness (QED) is 0.345. The summed E-state index contributed by atoms with van der Waals surface area (Å²) in [6.45, 7) is 0. The van der Waals surface area contributed by atoms with Crippen LogP contribution in [0.3, 0.4) is 0 Å². The van der Waals surface area contributed by atoms with E-state index in [4.69, 9.17) is 0 Å². The molecule has 0 aliphatic rings. The second-order valence-corrected chi connectivity index (χ2v) is 6.49. The minimum Gasteiger partial charge on any atom is -0.465 e. The number of halogens is 1. The predicted molar refractivity (Wildman–Crippen MR) is 102 cm³/mol. The first kappa shape index (κ1) is 19.7. The Hall–Kier alpha value is -2.67. The number of esters is 1. The largest absolute Gasteiger partial charge is 0.465 e. The van der Waals surface area contributed by atoms with Crippen LogP contribution in [0.5, 0.6) is 0 Å². The molecule has 0 bridgehead atoms. The fourth-order valence-electron chi connectivity index (χ4n) is 2.01. The summed E-state index contributed by atoms with van der Waals surface area (Å²) in [6.07, 6.45) is 0. The Morgan fingerprint density at radius 3 is 2.15 bits per heavy atom. The summed E-state index contributed by atoms with van der Waals surface area (Å²) in [6, 6.07) is 12.1. The normalized spacial score (nSPS) is 11.2. The number of aliphatic imine (C=N–C) groups is 1. The van der Waals surface area contributed by atoms with E-state index in [0.717, 1.165) is 0 Å². The van der Waals surface area contributed by atoms with Gasteiger partial charge in [-0.25, -0.2) is 14.2 Å². The van der Waals surface area contributed by atoms with Gasteiger partial charge in [-0.15, -0.1) is 0 Å². The number of thioether (sulfide) groups is 1. The average molecular weight is 374 g/mol. The molecule has 7 heteroatoms. The number of carbonyl (C=O) groups is 2. The highest BCUT2D eigenvalue weighted by Gasteiger charge is 2.11. The molecule has 26 heavy (non-hydrogen) atoms. The summed E-state index contributed by atoms with van der Waals surface area (Å²) < 4.78 is 17.6. The molecule has 2 aromatic carbocycles. The monoisotopic (exact) mass is 374 g/mol. The van der Waals surface area contributed by atoms with E-state index in [1.807, 2.05) is 14.1 Å². The Bertz CT molecular complexity index is 803. The van der Waals surface area contributed by atoms with Crippen molar-refractivity contribution in [2.45, 2.75) is 0 Å². The first-order valence-electron chi connectivity index (χ1n) is 7.76. The maximum atomic E-state index is 12.9. The molecule has 2 rings (SSSR count). The summed E-state index contributed by atoms with van der Waals surface area (Å²) >= 11 is 1.29. The van der Waals surface area contributed by atoms with E-state index < -0.39 is 5.97 Å². The zero-order valence-electron chi connectivity index (χ0n) is 14.7. The molecule has 0 amide bonds. The molecule has 0 fully saturated rings. The first-order chi connectivity index (χ1) is 12.4. The predicted octanol–water partition coefficient (Wildman–Crippen LogP) is 3.78. The van der Waals surface area contributed by atoms with Gasteiger partial charge in [0.25, 0.3) is 0 Å². The van der Waals surface area contributed by atoms with Crippen LogP contribution in [0.15, 0.2) is 53.5 Å². The van der Waals surface area contributed by atoms with Gasteiger partial charge in [-0.05, 0) is 48.5 Å². The van der Waals surface area contributed by atoms with Gasteiger partial charge in [0.1, 0.15) is 5.82 Å². The molecule has 0 saturated heterocycles. The molecular weight excluding hydrogens is 355 g/mol. The zero-order valence-corrected chi connectivity index (χ0v) is 15.5. The summed E-state index contributed by atoms with van der Waals surface area (Å²) in [5, 5.41) is 0.645. The SMILES string of the molecule is COC(=O)c1ccc(N=C(SCC(=O)c2ccc(F)cc2)N(C)C)cc1. The van der Waals surface area contributed by atoms with Crippen LogP contribution in [0.2, 0.25) is 0 Å². The molecule has 2 aromatic rings. The summed E-state index contributed by atoms with van der Waals surface area (Å²) in [5.74, 6) is -0.707. The number of methoxy groups -OCH3 is 1. The molecular formula is C19H19FN2O3S. The molecule has 5 nitrogen and oxygen atoms in total. The molecule has 0 aliphatic heterocycles. The van der Waals surface area contributed by atoms with E-state index in [-0.39, 0.29) is 17.4 Å². The average Bonchev–Trinajstić information content (AvgIpc) is 2.65. The van der Waals surface area contributed by atoms with Crippen LogP contribution in [0.1, 0.15) is 20.7 Å². The number of hydrogen-bond donors (Lipinski definition) is 0. The van der Waals surface area contributed by atoms with Crippen molar-refractivity contribution in [3.05, 3.63) is 65.5 Å². The Balaban J connectivity index is 2.08. The first-order valence-corrected chi connectivity index (χ1v) is 8.75.